The van der Waals surface area contributed by atoms with Crippen molar-refractivity contribution in [2.45, 2.75) is 26.9 Å². The van der Waals surface area contributed by atoms with Crippen LogP contribution in [0.25, 0.3) is 0 Å². The third-order valence-electron chi connectivity index (χ3n) is 4.50. The van der Waals surface area contributed by atoms with E-state index in [4.69, 9.17) is 4.52 Å². The first kappa shape index (κ1) is 17.0. The molecule has 3 aromatic rings. The quantitative estimate of drug-likeness (QED) is 0.640. The molecule has 138 valence electrons. The van der Waals surface area contributed by atoms with Crippen molar-refractivity contribution in [1.82, 2.24) is 24.8 Å². The number of nitrogens with zero attached hydrogens (tertiary/aromatic N) is 6. The summed E-state index contributed by atoms with van der Waals surface area (Å²) in [6.45, 7) is 4.46. The molecule has 1 aliphatic heterocycles. The maximum atomic E-state index is 12.7. The SMILES string of the molecule is Cc1noc(C)c1Cn1cc(N2C(=O)CN(Cc3ccccn3)C2=O)cn1. The summed E-state index contributed by atoms with van der Waals surface area (Å²) in [5.74, 6) is 0.437. The lowest BCUT2D eigenvalue weighted by atomic mass is 10.2. The maximum Gasteiger partial charge on any atom is 0.332 e. The molecular formula is C18H18N6O3. The molecule has 9 heteroatoms. The van der Waals surface area contributed by atoms with Crippen LogP contribution < -0.4 is 4.90 Å². The fourth-order valence-corrected chi connectivity index (χ4v) is 3.06. The molecule has 3 aromatic heterocycles. The Morgan fingerprint density at radius 3 is 2.74 bits per heavy atom. The predicted octanol–water partition coefficient (Wildman–Crippen LogP) is 1.90. The van der Waals surface area contributed by atoms with E-state index in [2.05, 4.69) is 15.2 Å². The number of carbonyl (C=O) groups excluding carboxylic acids is 2. The molecule has 4 rings (SSSR count). The van der Waals surface area contributed by atoms with Gasteiger partial charge in [-0.2, -0.15) is 5.10 Å². The van der Waals surface area contributed by atoms with Crippen molar-refractivity contribution >= 4 is 17.6 Å². The molecule has 0 aromatic carbocycles. The third-order valence-corrected chi connectivity index (χ3v) is 4.50. The molecule has 0 unspecified atom stereocenters. The number of aryl methyl sites for hydroxylation is 2. The highest BCUT2D eigenvalue weighted by molar-refractivity contribution is 6.19. The van der Waals surface area contributed by atoms with E-state index in [-0.39, 0.29) is 25.0 Å². The summed E-state index contributed by atoms with van der Waals surface area (Å²) in [5.41, 5.74) is 2.90. The van der Waals surface area contributed by atoms with Gasteiger partial charge >= 0.3 is 6.03 Å². The molecule has 27 heavy (non-hydrogen) atoms. The minimum absolute atomic E-state index is 0.0183. The summed E-state index contributed by atoms with van der Waals surface area (Å²) in [6, 6.07) is 5.10. The normalized spacial score (nSPS) is 14.4. The van der Waals surface area contributed by atoms with Gasteiger partial charge in [0, 0.05) is 18.0 Å². The maximum absolute atomic E-state index is 12.7. The van der Waals surface area contributed by atoms with Gasteiger partial charge in [-0.05, 0) is 26.0 Å². The Hall–Kier alpha value is -3.49. The standard InChI is InChI=1S/C18H18N6O3/c1-12-16(13(2)27-21-12)10-23-9-15(7-20-23)24-17(25)11-22(18(24)26)8-14-5-3-4-6-19-14/h3-7,9H,8,10-11H2,1-2H3. The number of hydrogen-bond acceptors (Lipinski definition) is 6. The van der Waals surface area contributed by atoms with Gasteiger partial charge < -0.3 is 9.42 Å². The van der Waals surface area contributed by atoms with Crippen molar-refractivity contribution in [3.8, 4) is 0 Å². The predicted molar refractivity (Wildman–Crippen MR) is 94.8 cm³/mol. The Kier molecular flexibility index (Phi) is 4.19. The van der Waals surface area contributed by atoms with Crippen LogP contribution in [0.2, 0.25) is 0 Å². The van der Waals surface area contributed by atoms with Crippen molar-refractivity contribution in [2.24, 2.45) is 0 Å². The first-order valence-electron chi connectivity index (χ1n) is 8.49. The highest BCUT2D eigenvalue weighted by atomic mass is 16.5. The minimum Gasteiger partial charge on any atom is -0.361 e. The molecule has 1 fully saturated rings. The van der Waals surface area contributed by atoms with E-state index in [1.165, 1.54) is 11.1 Å². The van der Waals surface area contributed by atoms with Crippen molar-refractivity contribution in [3.63, 3.8) is 0 Å². The molecule has 3 amide bonds. The molecular weight excluding hydrogens is 348 g/mol. The average Bonchev–Trinajstić information content (AvgIpc) is 3.31. The lowest BCUT2D eigenvalue weighted by molar-refractivity contribution is -0.116. The van der Waals surface area contributed by atoms with E-state index in [1.807, 2.05) is 26.0 Å². The molecule has 0 aliphatic carbocycles. The summed E-state index contributed by atoms with van der Waals surface area (Å²) in [7, 11) is 0. The van der Waals surface area contributed by atoms with Crippen LogP contribution in [0.4, 0.5) is 10.5 Å². The van der Waals surface area contributed by atoms with Crippen molar-refractivity contribution < 1.29 is 14.1 Å². The Morgan fingerprint density at radius 2 is 2.04 bits per heavy atom. The summed E-state index contributed by atoms with van der Waals surface area (Å²) in [4.78, 5) is 31.9. The van der Waals surface area contributed by atoms with Gasteiger partial charge in [-0.3, -0.25) is 14.5 Å². The molecule has 0 bridgehead atoms. The topological polar surface area (TPSA) is 97.4 Å². The summed E-state index contributed by atoms with van der Waals surface area (Å²) < 4.78 is 6.81. The van der Waals surface area contributed by atoms with Crippen LogP contribution in [0, 0.1) is 13.8 Å². The van der Waals surface area contributed by atoms with Crippen LogP contribution in [-0.4, -0.2) is 43.3 Å². The van der Waals surface area contributed by atoms with Crippen LogP contribution in [0.3, 0.4) is 0 Å². The second-order valence-corrected chi connectivity index (χ2v) is 6.39. The van der Waals surface area contributed by atoms with Crippen LogP contribution >= 0.6 is 0 Å². The Morgan fingerprint density at radius 1 is 1.19 bits per heavy atom. The number of anilines is 1. The van der Waals surface area contributed by atoms with Crippen LogP contribution in [-0.2, 0) is 17.9 Å². The molecule has 4 heterocycles. The molecule has 1 aliphatic rings. The number of hydrogen-bond donors (Lipinski definition) is 0. The first-order valence-corrected chi connectivity index (χ1v) is 8.49. The van der Waals surface area contributed by atoms with Gasteiger partial charge in [0.15, 0.2) is 0 Å². The summed E-state index contributed by atoms with van der Waals surface area (Å²) in [5, 5.41) is 8.19. The van der Waals surface area contributed by atoms with E-state index < -0.39 is 0 Å². The molecule has 0 radical (unpaired) electrons. The first-order chi connectivity index (χ1) is 13.0. The van der Waals surface area contributed by atoms with Gasteiger partial charge in [-0.25, -0.2) is 9.69 Å². The molecule has 0 atom stereocenters. The smallest absolute Gasteiger partial charge is 0.332 e. The van der Waals surface area contributed by atoms with Crippen LogP contribution in [0.1, 0.15) is 22.7 Å². The second-order valence-electron chi connectivity index (χ2n) is 6.39. The monoisotopic (exact) mass is 366 g/mol. The largest absolute Gasteiger partial charge is 0.361 e. The number of carbonyl (C=O) groups is 2. The van der Waals surface area contributed by atoms with E-state index in [0.717, 1.165) is 27.6 Å². The van der Waals surface area contributed by atoms with Gasteiger partial charge in [-0.1, -0.05) is 11.2 Å². The van der Waals surface area contributed by atoms with Gasteiger partial charge in [0.25, 0.3) is 5.91 Å². The fourth-order valence-electron chi connectivity index (χ4n) is 3.06. The lowest BCUT2D eigenvalue weighted by Crippen LogP contribution is -2.32. The van der Waals surface area contributed by atoms with Crippen molar-refractivity contribution in [1.29, 1.82) is 0 Å². The number of pyridine rings is 1. The number of imide groups is 1. The zero-order valence-corrected chi connectivity index (χ0v) is 15.0. The number of aromatic nitrogens is 4. The van der Waals surface area contributed by atoms with E-state index in [9.17, 15) is 9.59 Å². The van der Waals surface area contributed by atoms with Crippen LogP contribution in [0.5, 0.6) is 0 Å². The lowest BCUT2D eigenvalue weighted by Gasteiger charge is -2.15. The van der Waals surface area contributed by atoms with E-state index >= 15 is 0 Å². The molecule has 9 nitrogen and oxygen atoms in total. The number of rotatable bonds is 5. The fraction of sp³-hybridized carbons (Fsp3) is 0.278. The second kappa shape index (κ2) is 6.67. The Balaban J connectivity index is 1.51. The van der Waals surface area contributed by atoms with Crippen molar-refractivity contribution in [3.05, 3.63) is 59.5 Å². The van der Waals surface area contributed by atoms with Crippen LogP contribution in [0.15, 0.2) is 41.3 Å². The molecule has 0 spiro atoms. The zero-order valence-electron chi connectivity index (χ0n) is 15.0. The highest BCUT2D eigenvalue weighted by Gasteiger charge is 2.37. The molecule has 1 saturated heterocycles. The molecule has 0 saturated carbocycles. The van der Waals surface area contributed by atoms with Gasteiger partial charge in [0.05, 0.1) is 36.4 Å². The Bertz CT molecular complexity index is 974. The van der Waals surface area contributed by atoms with Crippen molar-refractivity contribution in [2.75, 3.05) is 11.4 Å². The van der Waals surface area contributed by atoms with Gasteiger partial charge in [0.1, 0.15) is 12.3 Å². The number of urea groups is 1. The summed E-state index contributed by atoms with van der Waals surface area (Å²) in [6.07, 6.45) is 4.85. The highest BCUT2D eigenvalue weighted by Crippen LogP contribution is 2.23. The zero-order chi connectivity index (χ0) is 19.0. The average molecular weight is 366 g/mol. The minimum atomic E-state index is -0.373. The Labute approximate surface area is 155 Å². The van der Waals surface area contributed by atoms with E-state index in [1.54, 1.807) is 23.1 Å². The summed E-state index contributed by atoms with van der Waals surface area (Å²) >= 11 is 0. The molecule has 0 N–H and O–H groups in total. The van der Waals surface area contributed by atoms with Gasteiger partial charge in [0.2, 0.25) is 0 Å². The third kappa shape index (κ3) is 3.19. The van der Waals surface area contributed by atoms with E-state index in [0.29, 0.717) is 12.2 Å². The van der Waals surface area contributed by atoms with Gasteiger partial charge in [-0.15, -0.1) is 0 Å². The number of amides is 3.